The molecule has 5 heterocycles. The molecule has 11 heteroatoms. The molecule has 0 bridgehead atoms. The van der Waals surface area contributed by atoms with Crippen molar-refractivity contribution in [1.82, 2.24) is 18.7 Å². The number of halogens is 1. The van der Waals surface area contributed by atoms with Gasteiger partial charge in [0.15, 0.2) is 5.22 Å². The first-order chi connectivity index (χ1) is 14.8. The summed E-state index contributed by atoms with van der Waals surface area (Å²) in [6.45, 7) is 2.33. The van der Waals surface area contributed by atoms with Gasteiger partial charge in [0.2, 0.25) is 0 Å². The van der Waals surface area contributed by atoms with E-state index in [0.717, 1.165) is 15.3 Å². The summed E-state index contributed by atoms with van der Waals surface area (Å²) >= 11 is 9.07. The number of furan rings is 1. The molecule has 0 radical (unpaired) electrons. The predicted octanol–water partition coefficient (Wildman–Crippen LogP) is 2.91. The summed E-state index contributed by atoms with van der Waals surface area (Å²) in [4.78, 5) is 30.8. The SMILES string of the molecule is Cc1nc(-c2c3c(=O)n(C)c(=O)n(C)c3c3n2C[C@@H](CO)S[C@@H]3c2ccc(Cl)o2)cs1. The lowest BCUT2D eigenvalue weighted by Gasteiger charge is -2.30. The zero-order valence-electron chi connectivity index (χ0n) is 17.0. The monoisotopic (exact) mass is 478 g/mol. The van der Waals surface area contributed by atoms with E-state index in [2.05, 4.69) is 4.98 Å². The maximum Gasteiger partial charge on any atom is 0.331 e. The lowest BCUT2D eigenvalue weighted by molar-refractivity contribution is 0.283. The van der Waals surface area contributed by atoms with E-state index < -0.39 is 5.69 Å². The van der Waals surface area contributed by atoms with Gasteiger partial charge in [0.1, 0.15) is 11.0 Å². The molecule has 31 heavy (non-hydrogen) atoms. The Balaban J connectivity index is 1.96. The number of fused-ring (bicyclic) bond motifs is 3. The summed E-state index contributed by atoms with van der Waals surface area (Å²) in [5.74, 6) is 0.600. The van der Waals surface area contributed by atoms with Crippen LogP contribution in [0.15, 0.2) is 31.5 Å². The highest BCUT2D eigenvalue weighted by Crippen LogP contribution is 2.49. The molecule has 162 valence electrons. The Labute approximate surface area is 189 Å². The lowest BCUT2D eigenvalue weighted by atomic mass is 10.2. The highest BCUT2D eigenvalue weighted by Gasteiger charge is 2.38. The fourth-order valence-corrected chi connectivity index (χ4v) is 6.29. The molecule has 0 saturated carbocycles. The topological polar surface area (TPSA) is 95.2 Å². The smallest absolute Gasteiger partial charge is 0.331 e. The molecule has 4 aromatic heterocycles. The van der Waals surface area contributed by atoms with E-state index in [4.69, 9.17) is 16.0 Å². The number of thiazole rings is 1. The third-order valence-electron chi connectivity index (χ3n) is 5.59. The minimum atomic E-state index is -0.405. The minimum Gasteiger partial charge on any atom is -0.448 e. The van der Waals surface area contributed by atoms with Gasteiger partial charge in [-0.2, -0.15) is 0 Å². The Hall–Kier alpha value is -2.27. The molecule has 0 fully saturated rings. The van der Waals surface area contributed by atoms with Crippen molar-refractivity contribution < 1.29 is 9.52 Å². The van der Waals surface area contributed by atoms with E-state index in [0.29, 0.717) is 34.6 Å². The van der Waals surface area contributed by atoms with Crippen molar-refractivity contribution in [2.24, 2.45) is 14.1 Å². The van der Waals surface area contributed by atoms with Gasteiger partial charge >= 0.3 is 5.69 Å². The standard InChI is InChI=1S/C20H19ClN4O4S2/c1-9-22-11(8-30-9)15-14-16(23(2)20(28)24(3)19(14)27)17-18(12-4-5-13(21)29-12)31-10(7-26)6-25(15)17/h4-5,8,10,18,26H,6-7H2,1-3H3/t10-,18+/m0/s1. The van der Waals surface area contributed by atoms with Gasteiger partial charge in [0, 0.05) is 31.3 Å². The average Bonchev–Trinajstić information content (AvgIpc) is 3.46. The molecular weight excluding hydrogens is 460 g/mol. The minimum absolute atomic E-state index is 0.0456. The van der Waals surface area contributed by atoms with Gasteiger partial charge in [-0.25, -0.2) is 9.78 Å². The van der Waals surface area contributed by atoms with Crippen LogP contribution in [-0.2, 0) is 20.6 Å². The number of hydrogen-bond donors (Lipinski definition) is 1. The van der Waals surface area contributed by atoms with Gasteiger partial charge in [-0.3, -0.25) is 13.9 Å². The predicted molar refractivity (Wildman–Crippen MR) is 122 cm³/mol. The second-order valence-electron chi connectivity index (χ2n) is 7.49. The quantitative estimate of drug-likeness (QED) is 0.486. The van der Waals surface area contributed by atoms with Crippen LogP contribution in [0.2, 0.25) is 5.22 Å². The Morgan fingerprint density at radius 3 is 2.68 bits per heavy atom. The zero-order valence-corrected chi connectivity index (χ0v) is 19.3. The fraction of sp³-hybridized carbons (Fsp3) is 0.350. The van der Waals surface area contributed by atoms with Crippen molar-refractivity contribution in [3.8, 4) is 11.4 Å². The van der Waals surface area contributed by atoms with Gasteiger partial charge < -0.3 is 14.1 Å². The number of aliphatic hydroxyl groups excluding tert-OH is 1. The summed E-state index contributed by atoms with van der Waals surface area (Å²) in [5.41, 5.74) is 1.88. The number of hydrogen-bond acceptors (Lipinski definition) is 7. The number of rotatable bonds is 3. The lowest BCUT2D eigenvalue weighted by Crippen LogP contribution is -2.37. The average molecular weight is 479 g/mol. The molecule has 0 spiro atoms. The first kappa shape index (κ1) is 20.6. The van der Waals surface area contributed by atoms with Crippen LogP contribution in [0.4, 0.5) is 0 Å². The zero-order chi connectivity index (χ0) is 22.0. The third-order valence-corrected chi connectivity index (χ3v) is 7.97. The molecule has 2 atom stereocenters. The molecule has 1 N–H and O–H groups in total. The van der Waals surface area contributed by atoms with Crippen LogP contribution in [0.1, 0.15) is 21.7 Å². The van der Waals surface area contributed by atoms with Crippen LogP contribution >= 0.6 is 34.7 Å². The van der Waals surface area contributed by atoms with Gasteiger partial charge in [-0.15, -0.1) is 23.1 Å². The van der Waals surface area contributed by atoms with Crippen molar-refractivity contribution in [3.05, 3.63) is 60.0 Å². The molecule has 1 aliphatic heterocycles. The normalized spacial score (nSPS) is 18.6. The van der Waals surface area contributed by atoms with Crippen molar-refractivity contribution in [3.63, 3.8) is 0 Å². The van der Waals surface area contributed by atoms with Crippen molar-refractivity contribution in [2.75, 3.05) is 6.61 Å². The van der Waals surface area contributed by atoms with Crippen LogP contribution in [0.3, 0.4) is 0 Å². The van der Waals surface area contributed by atoms with Gasteiger partial charge in [-0.05, 0) is 30.7 Å². The number of aromatic nitrogens is 4. The Morgan fingerprint density at radius 2 is 2.06 bits per heavy atom. The summed E-state index contributed by atoms with van der Waals surface area (Å²) < 4.78 is 10.4. The summed E-state index contributed by atoms with van der Waals surface area (Å²) in [6.07, 6.45) is 0. The molecule has 0 unspecified atom stereocenters. The van der Waals surface area contributed by atoms with Crippen LogP contribution in [-0.4, -0.2) is 35.6 Å². The number of nitrogens with zero attached hydrogens (tertiary/aromatic N) is 4. The fourth-order valence-electron chi connectivity index (χ4n) is 4.21. The second-order valence-corrected chi connectivity index (χ2v) is 10.3. The van der Waals surface area contributed by atoms with E-state index >= 15 is 0 Å². The Bertz CT molecular complexity index is 1440. The van der Waals surface area contributed by atoms with Crippen LogP contribution in [0.5, 0.6) is 0 Å². The highest BCUT2D eigenvalue weighted by atomic mass is 35.5. The van der Waals surface area contributed by atoms with Gasteiger partial charge in [0.05, 0.1) is 39.6 Å². The van der Waals surface area contributed by atoms with E-state index in [-0.39, 0.29) is 27.9 Å². The molecule has 1 aliphatic rings. The molecule has 0 aliphatic carbocycles. The largest absolute Gasteiger partial charge is 0.448 e. The van der Waals surface area contributed by atoms with Crippen LogP contribution in [0.25, 0.3) is 22.3 Å². The van der Waals surface area contributed by atoms with Crippen molar-refractivity contribution in [1.29, 1.82) is 0 Å². The summed E-state index contributed by atoms with van der Waals surface area (Å²) in [6, 6.07) is 3.45. The van der Waals surface area contributed by atoms with E-state index in [1.807, 2.05) is 16.9 Å². The van der Waals surface area contributed by atoms with Crippen LogP contribution in [0, 0.1) is 6.92 Å². The maximum atomic E-state index is 13.3. The molecular formula is C20H19ClN4O4S2. The molecule has 0 saturated heterocycles. The molecule has 0 aromatic carbocycles. The van der Waals surface area contributed by atoms with Crippen molar-refractivity contribution >= 4 is 45.6 Å². The third kappa shape index (κ3) is 3.04. The second kappa shape index (κ2) is 7.40. The van der Waals surface area contributed by atoms with E-state index in [1.54, 1.807) is 19.2 Å². The summed E-state index contributed by atoms with van der Waals surface area (Å²) in [5, 5.41) is 13.0. The maximum absolute atomic E-state index is 13.3. The first-order valence-electron chi connectivity index (χ1n) is 9.58. The van der Waals surface area contributed by atoms with E-state index in [9.17, 15) is 14.7 Å². The first-order valence-corrected chi connectivity index (χ1v) is 11.8. The highest BCUT2D eigenvalue weighted by molar-refractivity contribution is 8.00. The molecule has 5 rings (SSSR count). The van der Waals surface area contributed by atoms with Crippen molar-refractivity contribution in [2.45, 2.75) is 24.0 Å². The summed E-state index contributed by atoms with van der Waals surface area (Å²) in [7, 11) is 3.14. The molecule has 4 aromatic rings. The Morgan fingerprint density at radius 1 is 1.29 bits per heavy atom. The van der Waals surface area contributed by atoms with Crippen LogP contribution < -0.4 is 11.2 Å². The number of aliphatic hydroxyl groups is 1. The number of thioether (sulfide) groups is 1. The molecule has 8 nitrogen and oxygen atoms in total. The Kier molecular flexibility index (Phi) is 4.93. The van der Waals surface area contributed by atoms with E-state index in [1.165, 1.54) is 34.7 Å². The van der Waals surface area contributed by atoms with Gasteiger partial charge in [-0.1, -0.05) is 0 Å². The number of aryl methyl sites for hydroxylation is 2. The molecule has 0 amide bonds. The van der Waals surface area contributed by atoms with Gasteiger partial charge in [0.25, 0.3) is 5.56 Å².